The number of anilines is 1. The molecule has 136 valence electrons. The Balaban J connectivity index is 1.66. The van der Waals surface area contributed by atoms with Crippen molar-refractivity contribution in [3.05, 3.63) is 39.8 Å². The smallest absolute Gasteiger partial charge is 0.331 e. The Labute approximate surface area is 160 Å². The lowest BCUT2D eigenvalue weighted by Gasteiger charge is -2.19. The number of methoxy groups -OCH3 is 1. The molecule has 0 aromatic heterocycles. The second-order valence-electron chi connectivity index (χ2n) is 5.64. The zero-order chi connectivity index (χ0) is 18.5. The van der Waals surface area contributed by atoms with Gasteiger partial charge in [-0.2, -0.15) is 5.10 Å². The van der Waals surface area contributed by atoms with Crippen LogP contribution in [0.4, 0.5) is 5.69 Å². The number of carbonyl (C=O) groups is 2. The lowest BCUT2D eigenvalue weighted by Crippen LogP contribution is -2.19. The van der Waals surface area contributed by atoms with Gasteiger partial charge in [-0.15, -0.1) is 5.10 Å². The van der Waals surface area contributed by atoms with Crippen LogP contribution >= 0.6 is 23.4 Å². The summed E-state index contributed by atoms with van der Waals surface area (Å²) in [7, 11) is 1.25. The lowest BCUT2D eigenvalue weighted by molar-refractivity contribution is -0.135. The Hall–Kier alpha value is -2.32. The minimum atomic E-state index is -0.597. The van der Waals surface area contributed by atoms with Gasteiger partial charge < -0.3 is 9.64 Å². The average Bonchev–Trinajstić information content (AvgIpc) is 3.25. The van der Waals surface area contributed by atoms with Crippen molar-refractivity contribution >= 4 is 52.3 Å². The molecule has 3 rings (SSSR count). The highest BCUT2D eigenvalue weighted by atomic mass is 35.5. The molecular weight excluding hydrogens is 376 g/mol. The quantitative estimate of drug-likeness (QED) is 0.368. The zero-order valence-electron chi connectivity index (χ0n) is 14.1. The highest BCUT2D eigenvalue weighted by Gasteiger charge is 2.25. The standard InChI is InChI=1S/C17H17ClN4O3S/c1-25-15(23)9-14-16(24)20-17(26-14)21-19-10-11-4-5-13(12(18)8-11)22-6-2-3-7-22/h4-5,8-10H,2-3,6-7H2,1H3,(H,20,21,24)/b14-9+,19-10?. The molecule has 2 aliphatic heterocycles. The van der Waals surface area contributed by atoms with Crippen molar-refractivity contribution in [3.63, 3.8) is 0 Å². The fraction of sp³-hybridized carbons (Fsp3) is 0.294. The van der Waals surface area contributed by atoms with E-state index in [1.165, 1.54) is 20.0 Å². The predicted molar refractivity (Wildman–Crippen MR) is 104 cm³/mol. The molecule has 0 spiro atoms. The first-order valence-corrected chi connectivity index (χ1v) is 9.20. The minimum absolute atomic E-state index is 0.212. The van der Waals surface area contributed by atoms with Crippen molar-refractivity contribution in [2.75, 3.05) is 25.1 Å². The Kier molecular flexibility index (Phi) is 5.95. The molecule has 1 amide bonds. The number of thioether (sulfide) groups is 1. The monoisotopic (exact) mass is 392 g/mol. The van der Waals surface area contributed by atoms with Gasteiger partial charge in [0, 0.05) is 19.2 Å². The Morgan fingerprint density at radius 1 is 1.38 bits per heavy atom. The molecule has 1 aromatic rings. The summed E-state index contributed by atoms with van der Waals surface area (Å²) in [5.41, 5.74) is 1.84. The summed E-state index contributed by atoms with van der Waals surface area (Å²) in [5.74, 6) is -1.01. The van der Waals surface area contributed by atoms with Crippen LogP contribution in [0.1, 0.15) is 18.4 Å². The zero-order valence-corrected chi connectivity index (χ0v) is 15.6. The van der Waals surface area contributed by atoms with Gasteiger partial charge in [0.2, 0.25) is 0 Å². The largest absolute Gasteiger partial charge is 0.466 e. The van der Waals surface area contributed by atoms with Crippen LogP contribution in [-0.2, 0) is 14.3 Å². The molecule has 26 heavy (non-hydrogen) atoms. The van der Waals surface area contributed by atoms with E-state index in [1.807, 2.05) is 18.2 Å². The van der Waals surface area contributed by atoms with Gasteiger partial charge in [-0.1, -0.05) is 17.7 Å². The summed E-state index contributed by atoms with van der Waals surface area (Å²) in [6.45, 7) is 2.05. The molecule has 1 N–H and O–H groups in total. The third-order valence-electron chi connectivity index (χ3n) is 3.87. The normalized spacial score (nSPS) is 20.4. The van der Waals surface area contributed by atoms with E-state index < -0.39 is 11.9 Å². The van der Waals surface area contributed by atoms with Gasteiger partial charge >= 0.3 is 5.97 Å². The lowest BCUT2D eigenvalue weighted by atomic mass is 10.2. The van der Waals surface area contributed by atoms with Crippen LogP contribution in [0.25, 0.3) is 0 Å². The first-order chi connectivity index (χ1) is 12.6. The Morgan fingerprint density at radius 3 is 2.85 bits per heavy atom. The van der Waals surface area contributed by atoms with Gasteiger partial charge in [-0.25, -0.2) is 4.79 Å². The summed E-state index contributed by atoms with van der Waals surface area (Å²) in [5, 5.41) is 11.4. The number of amidine groups is 1. The summed E-state index contributed by atoms with van der Waals surface area (Å²) in [6, 6.07) is 5.74. The van der Waals surface area contributed by atoms with Gasteiger partial charge in [0.1, 0.15) is 0 Å². The third kappa shape index (κ3) is 4.44. The number of halogens is 1. The second kappa shape index (κ2) is 8.37. The van der Waals surface area contributed by atoms with Crippen molar-refractivity contribution in [1.82, 2.24) is 5.32 Å². The van der Waals surface area contributed by atoms with Crippen molar-refractivity contribution in [1.29, 1.82) is 0 Å². The number of hydrogen-bond donors (Lipinski definition) is 1. The highest BCUT2D eigenvalue weighted by molar-refractivity contribution is 8.18. The first kappa shape index (κ1) is 18.5. The molecule has 0 bridgehead atoms. The molecule has 7 nitrogen and oxygen atoms in total. The van der Waals surface area contributed by atoms with Crippen molar-refractivity contribution in [2.45, 2.75) is 12.8 Å². The molecular formula is C17H17ClN4O3S. The van der Waals surface area contributed by atoms with E-state index in [9.17, 15) is 9.59 Å². The van der Waals surface area contributed by atoms with Crippen LogP contribution in [0, 0.1) is 0 Å². The Morgan fingerprint density at radius 2 is 2.15 bits per heavy atom. The fourth-order valence-electron chi connectivity index (χ4n) is 2.61. The van der Waals surface area contributed by atoms with Gasteiger partial charge in [-0.3, -0.25) is 10.1 Å². The number of hydrogen-bond acceptors (Lipinski definition) is 7. The van der Waals surface area contributed by atoms with Crippen LogP contribution in [-0.4, -0.2) is 43.5 Å². The molecule has 0 unspecified atom stereocenters. The maximum Gasteiger partial charge on any atom is 0.331 e. The molecule has 2 heterocycles. The van der Waals surface area contributed by atoms with E-state index in [0.717, 1.165) is 42.2 Å². The van der Waals surface area contributed by atoms with Gasteiger partial charge in [0.25, 0.3) is 5.91 Å². The number of nitrogens with zero attached hydrogens (tertiary/aromatic N) is 3. The summed E-state index contributed by atoms with van der Waals surface area (Å²) < 4.78 is 4.50. The third-order valence-corrected chi connectivity index (χ3v) is 5.08. The highest BCUT2D eigenvalue weighted by Crippen LogP contribution is 2.29. The second-order valence-corrected chi connectivity index (χ2v) is 7.08. The van der Waals surface area contributed by atoms with Crippen molar-refractivity contribution in [2.24, 2.45) is 10.2 Å². The van der Waals surface area contributed by atoms with Crippen LogP contribution in [0.5, 0.6) is 0 Å². The van der Waals surface area contributed by atoms with Gasteiger partial charge in [-0.05, 0) is 42.3 Å². The van der Waals surface area contributed by atoms with E-state index in [1.54, 1.807) is 6.21 Å². The molecule has 2 aliphatic rings. The van der Waals surface area contributed by atoms with E-state index >= 15 is 0 Å². The fourth-order valence-corrected chi connectivity index (χ4v) is 3.65. The molecule has 2 saturated heterocycles. The number of benzene rings is 1. The molecule has 2 fully saturated rings. The van der Waals surface area contributed by atoms with Crippen LogP contribution < -0.4 is 10.2 Å². The van der Waals surface area contributed by atoms with E-state index in [4.69, 9.17) is 11.6 Å². The molecule has 9 heteroatoms. The summed E-state index contributed by atoms with van der Waals surface area (Å²) in [6.07, 6.45) is 5.05. The Bertz CT molecular complexity index is 816. The molecule has 0 radical (unpaired) electrons. The molecule has 0 atom stereocenters. The molecule has 1 aromatic carbocycles. The number of amides is 1. The van der Waals surface area contributed by atoms with E-state index in [2.05, 4.69) is 25.2 Å². The van der Waals surface area contributed by atoms with Crippen LogP contribution in [0.2, 0.25) is 5.02 Å². The first-order valence-electron chi connectivity index (χ1n) is 8.01. The van der Waals surface area contributed by atoms with E-state index in [-0.39, 0.29) is 4.91 Å². The topological polar surface area (TPSA) is 83.4 Å². The maximum atomic E-state index is 11.7. The molecule has 0 saturated carbocycles. The van der Waals surface area contributed by atoms with Crippen LogP contribution in [0.15, 0.2) is 39.4 Å². The number of esters is 1. The van der Waals surface area contributed by atoms with Crippen molar-refractivity contribution in [3.8, 4) is 0 Å². The number of carbonyl (C=O) groups excluding carboxylic acids is 2. The minimum Gasteiger partial charge on any atom is -0.466 e. The van der Waals surface area contributed by atoms with Gasteiger partial charge in [0.05, 0.1) is 28.9 Å². The number of rotatable bonds is 4. The summed E-state index contributed by atoms with van der Waals surface area (Å²) in [4.78, 5) is 25.4. The van der Waals surface area contributed by atoms with Crippen LogP contribution in [0.3, 0.4) is 0 Å². The van der Waals surface area contributed by atoms with Crippen molar-refractivity contribution < 1.29 is 14.3 Å². The number of ether oxygens (including phenoxy) is 1. The summed E-state index contributed by atoms with van der Waals surface area (Å²) >= 11 is 7.39. The predicted octanol–water partition coefficient (Wildman–Crippen LogP) is 2.55. The molecule has 0 aliphatic carbocycles. The van der Waals surface area contributed by atoms with Gasteiger partial charge in [0.15, 0.2) is 5.17 Å². The maximum absolute atomic E-state index is 11.7. The SMILES string of the molecule is COC(=O)/C=C1/S/C(=N\N=Cc2ccc(N3CCCC3)c(Cl)c2)NC1=O. The van der Waals surface area contributed by atoms with E-state index in [0.29, 0.717) is 10.2 Å². The average molecular weight is 393 g/mol. The number of nitrogens with one attached hydrogen (secondary N) is 1.